The van der Waals surface area contributed by atoms with Crippen molar-refractivity contribution in [2.45, 2.75) is 45.4 Å². The molecule has 0 saturated heterocycles. The zero-order chi connectivity index (χ0) is 34.6. The lowest BCUT2D eigenvalue weighted by Gasteiger charge is -2.23. The Bertz CT molecular complexity index is 2820. The van der Waals surface area contributed by atoms with Crippen molar-refractivity contribution < 1.29 is 0 Å². The number of rotatable bonds is 3. The zero-order valence-electron chi connectivity index (χ0n) is 29.9. The summed E-state index contributed by atoms with van der Waals surface area (Å²) in [6.45, 7) is 11.6. The van der Waals surface area contributed by atoms with Gasteiger partial charge in [-0.2, -0.15) is 0 Å². The molecule has 9 aromatic carbocycles. The molecule has 0 fully saturated rings. The fourth-order valence-electron chi connectivity index (χ4n) is 8.98. The van der Waals surface area contributed by atoms with Gasteiger partial charge in [0, 0.05) is 5.41 Å². The van der Waals surface area contributed by atoms with Gasteiger partial charge in [-0.25, -0.2) is 0 Å². The van der Waals surface area contributed by atoms with Crippen LogP contribution in [-0.4, -0.2) is 0 Å². The second-order valence-corrected chi connectivity index (χ2v) is 16.1. The topological polar surface area (TPSA) is 0 Å². The quantitative estimate of drug-likeness (QED) is 0.132. The van der Waals surface area contributed by atoms with Crippen LogP contribution in [0.4, 0.5) is 0 Å². The fraction of sp³-hybridized carbons (Fsp3) is 0.137. The van der Waals surface area contributed by atoms with E-state index >= 15 is 0 Å². The molecule has 0 heterocycles. The molecule has 244 valence electrons. The van der Waals surface area contributed by atoms with Crippen molar-refractivity contribution in [3.63, 3.8) is 0 Å². The molecular weight excluding hydrogens is 613 g/mol. The van der Waals surface area contributed by atoms with Gasteiger partial charge in [0.25, 0.3) is 0 Å². The molecule has 0 nitrogen and oxygen atoms in total. The summed E-state index contributed by atoms with van der Waals surface area (Å²) in [5, 5.41) is 10.7. The highest BCUT2D eigenvalue weighted by Crippen LogP contribution is 2.51. The van der Waals surface area contributed by atoms with E-state index in [0.717, 1.165) is 0 Å². The van der Waals surface area contributed by atoms with Gasteiger partial charge in [0.15, 0.2) is 0 Å². The predicted octanol–water partition coefficient (Wildman–Crippen LogP) is 14.3. The van der Waals surface area contributed by atoms with Crippen LogP contribution in [0.3, 0.4) is 0 Å². The van der Waals surface area contributed by atoms with Gasteiger partial charge in [-0.05, 0) is 122 Å². The number of hydrogen-bond acceptors (Lipinski definition) is 0. The lowest BCUT2D eigenvalue weighted by Crippen LogP contribution is -2.15. The lowest BCUT2D eigenvalue weighted by molar-refractivity contribution is 0.590. The molecule has 0 spiro atoms. The van der Waals surface area contributed by atoms with Crippen molar-refractivity contribution >= 4 is 43.1 Å². The third-order valence-corrected chi connectivity index (χ3v) is 11.8. The Balaban J connectivity index is 1.03. The summed E-state index contributed by atoms with van der Waals surface area (Å²) in [5.74, 6) is 0. The average Bonchev–Trinajstić information content (AvgIpc) is 3.38. The first-order chi connectivity index (χ1) is 24.7. The van der Waals surface area contributed by atoms with Crippen LogP contribution in [0.2, 0.25) is 0 Å². The van der Waals surface area contributed by atoms with Gasteiger partial charge in [-0.1, -0.05) is 174 Å². The molecule has 0 aliphatic heterocycles. The maximum absolute atomic E-state index is 2.47. The molecule has 1 aliphatic carbocycles. The standard InChI is InChI=1S/C51H40/c1-50(2,3)37-22-17-32(18-23-37)31-13-15-33(16-14-31)35-20-24-41-42-25-21-36(30-47(42)51(4,5)46(41)29-35)38-27-28-45-40-11-7-6-10-39(40)43-12-8-9-34-19-26-44(38)49(45)48(34)43/h6-30H,1-5H3. The van der Waals surface area contributed by atoms with Crippen molar-refractivity contribution in [3.05, 3.63) is 168 Å². The van der Waals surface area contributed by atoms with Crippen LogP contribution in [-0.2, 0) is 10.8 Å². The van der Waals surface area contributed by atoms with Crippen molar-refractivity contribution in [3.8, 4) is 44.5 Å². The van der Waals surface area contributed by atoms with E-state index in [9.17, 15) is 0 Å². The number of hydrogen-bond donors (Lipinski definition) is 0. The normalized spacial score (nSPS) is 13.7. The molecule has 0 atom stereocenters. The molecule has 0 bridgehead atoms. The fourth-order valence-corrected chi connectivity index (χ4v) is 8.98. The van der Waals surface area contributed by atoms with Gasteiger partial charge in [0.2, 0.25) is 0 Å². The second kappa shape index (κ2) is 10.6. The first-order valence-corrected chi connectivity index (χ1v) is 18.3. The highest BCUT2D eigenvalue weighted by atomic mass is 14.4. The SMILES string of the molecule is CC(C)(C)c1ccc(-c2ccc(-c3ccc4c(c3)C(C)(C)c3cc(-c5ccc6c7ccccc7c7cccc8ccc5c6c87)ccc3-4)cc2)cc1. The van der Waals surface area contributed by atoms with E-state index in [4.69, 9.17) is 0 Å². The minimum Gasteiger partial charge on any atom is -0.0616 e. The summed E-state index contributed by atoms with van der Waals surface area (Å²) in [7, 11) is 0. The van der Waals surface area contributed by atoms with E-state index in [1.165, 1.54) is 104 Å². The summed E-state index contributed by atoms with van der Waals surface area (Å²) < 4.78 is 0. The third kappa shape index (κ3) is 4.46. The van der Waals surface area contributed by atoms with Crippen LogP contribution in [0.1, 0.15) is 51.3 Å². The van der Waals surface area contributed by atoms with Gasteiger partial charge in [-0.3, -0.25) is 0 Å². The molecular formula is C51H40. The molecule has 9 aromatic rings. The monoisotopic (exact) mass is 652 g/mol. The molecule has 0 radical (unpaired) electrons. The molecule has 0 unspecified atom stereocenters. The molecule has 0 heteroatoms. The molecule has 51 heavy (non-hydrogen) atoms. The smallest absolute Gasteiger partial charge is 0.0159 e. The van der Waals surface area contributed by atoms with Crippen LogP contribution in [0.25, 0.3) is 87.6 Å². The van der Waals surface area contributed by atoms with E-state index in [0.29, 0.717) is 0 Å². The predicted molar refractivity (Wildman–Crippen MR) is 220 cm³/mol. The van der Waals surface area contributed by atoms with E-state index < -0.39 is 0 Å². The van der Waals surface area contributed by atoms with Crippen molar-refractivity contribution in [1.29, 1.82) is 0 Å². The number of benzene rings is 9. The Morgan fingerprint density at radius 1 is 0.373 bits per heavy atom. The van der Waals surface area contributed by atoms with Gasteiger partial charge in [0.05, 0.1) is 0 Å². The summed E-state index contributed by atoms with van der Waals surface area (Å²) >= 11 is 0. The highest BCUT2D eigenvalue weighted by Gasteiger charge is 2.36. The van der Waals surface area contributed by atoms with E-state index in [1.807, 2.05) is 0 Å². The lowest BCUT2D eigenvalue weighted by atomic mass is 9.80. The van der Waals surface area contributed by atoms with E-state index in [-0.39, 0.29) is 10.8 Å². The maximum Gasteiger partial charge on any atom is 0.0159 e. The summed E-state index contributed by atoms with van der Waals surface area (Å²) in [4.78, 5) is 0. The Morgan fingerprint density at radius 3 is 1.51 bits per heavy atom. The molecule has 0 aromatic heterocycles. The molecule has 0 N–H and O–H groups in total. The first kappa shape index (κ1) is 30.1. The van der Waals surface area contributed by atoms with Gasteiger partial charge in [0.1, 0.15) is 0 Å². The first-order valence-electron chi connectivity index (χ1n) is 18.3. The average molecular weight is 653 g/mol. The summed E-state index contributed by atoms with van der Waals surface area (Å²) in [5.41, 5.74) is 14.5. The Kier molecular flexibility index (Phi) is 6.29. The van der Waals surface area contributed by atoms with Gasteiger partial charge >= 0.3 is 0 Å². The van der Waals surface area contributed by atoms with Crippen LogP contribution in [0.15, 0.2) is 152 Å². The molecule has 0 amide bonds. The van der Waals surface area contributed by atoms with E-state index in [1.54, 1.807) is 0 Å². The number of fused-ring (bicyclic) bond motifs is 6. The summed E-state index contributed by atoms with van der Waals surface area (Å²) in [6.07, 6.45) is 0. The molecule has 0 saturated carbocycles. The van der Waals surface area contributed by atoms with Crippen molar-refractivity contribution in [1.82, 2.24) is 0 Å². The Hall–Kier alpha value is -5.72. The summed E-state index contributed by atoms with van der Waals surface area (Å²) in [6, 6.07) is 57.4. The zero-order valence-corrected chi connectivity index (χ0v) is 29.9. The van der Waals surface area contributed by atoms with Crippen LogP contribution < -0.4 is 0 Å². The van der Waals surface area contributed by atoms with Crippen molar-refractivity contribution in [2.75, 3.05) is 0 Å². The Labute approximate surface area is 300 Å². The van der Waals surface area contributed by atoms with E-state index in [2.05, 4.69) is 186 Å². The van der Waals surface area contributed by atoms with Crippen molar-refractivity contribution in [2.24, 2.45) is 0 Å². The highest BCUT2D eigenvalue weighted by molar-refractivity contribution is 6.35. The van der Waals surface area contributed by atoms with Crippen LogP contribution in [0.5, 0.6) is 0 Å². The molecule has 10 rings (SSSR count). The second-order valence-electron chi connectivity index (χ2n) is 16.1. The third-order valence-electron chi connectivity index (χ3n) is 11.8. The van der Waals surface area contributed by atoms with Gasteiger partial charge < -0.3 is 0 Å². The minimum absolute atomic E-state index is 0.120. The Morgan fingerprint density at radius 2 is 0.863 bits per heavy atom. The van der Waals surface area contributed by atoms with Gasteiger partial charge in [-0.15, -0.1) is 0 Å². The maximum atomic E-state index is 2.47. The largest absolute Gasteiger partial charge is 0.0616 e. The van der Waals surface area contributed by atoms with Crippen LogP contribution >= 0.6 is 0 Å². The molecule has 1 aliphatic rings. The minimum atomic E-state index is -0.120. The van der Waals surface area contributed by atoms with Crippen LogP contribution in [0, 0.1) is 0 Å².